The minimum atomic E-state index is 0.513. The molecule has 16 heavy (non-hydrogen) atoms. The predicted octanol–water partition coefficient (Wildman–Crippen LogP) is 0.920. The summed E-state index contributed by atoms with van der Waals surface area (Å²) >= 11 is 1.72. The smallest absolute Gasteiger partial charge is 0.107 e. The molecule has 2 heterocycles. The largest absolute Gasteiger partial charge is 0.379 e. The van der Waals surface area contributed by atoms with Crippen LogP contribution in [-0.4, -0.2) is 37.3 Å². The maximum absolute atomic E-state index is 5.40. The first kappa shape index (κ1) is 12.0. The monoisotopic (exact) mass is 241 g/mol. The Balaban J connectivity index is 1.57. The van der Waals surface area contributed by atoms with Gasteiger partial charge in [-0.3, -0.25) is 0 Å². The highest BCUT2D eigenvalue weighted by Gasteiger charge is 2.11. The highest BCUT2D eigenvalue weighted by atomic mass is 32.1. The third kappa shape index (κ3) is 3.83. The van der Waals surface area contributed by atoms with Crippen molar-refractivity contribution >= 4 is 11.3 Å². The van der Waals surface area contributed by atoms with E-state index >= 15 is 0 Å². The molecule has 0 bridgehead atoms. The van der Waals surface area contributed by atoms with E-state index in [0.717, 1.165) is 45.0 Å². The SMILES string of the molecule is Cc1csc(CNCCC2COCCN2)n1. The Bertz CT molecular complexity index is 310. The standard InChI is InChI=1S/C11H19N3OS/c1-9-8-16-11(14-9)6-12-3-2-10-7-15-5-4-13-10/h8,10,12-13H,2-7H2,1H3. The number of hydrogen-bond donors (Lipinski definition) is 2. The van der Waals surface area contributed by atoms with Gasteiger partial charge >= 0.3 is 0 Å². The molecule has 1 atom stereocenters. The minimum Gasteiger partial charge on any atom is -0.379 e. The quantitative estimate of drug-likeness (QED) is 0.753. The third-order valence-corrected chi connectivity index (χ3v) is 3.58. The van der Waals surface area contributed by atoms with Crippen LogP contribution in [0.1, 0.15) is 17.1 Å². The number of nitrogens with one attached hydrogen (secondary N) is 2. The van der Waals surface area contributed by atoms with Gasteiger partial charge in [-0.1, -0.05) is 0 Å². The Morgan fingerprint density at radius 1 is 1.69 bits per heavy atom. The Hall–Kier alpha value is -0.490. The lowest BCUT2D eigenvalue weighted by molar-refractivity contribution is 0.0742. The van der Waals surface area contributed by atoms with Crippen LogP contribution in [0.25, 0.3) is 0 Å². The molecule has 90 valence electrons. The fourth-order valence-corrected chi connectivity index (χ4v) is 2.50. The Morgan fingerprint density at radius 3 is 3.31 bits per heavy atom. The molecule has 0 amide bonds. The average Bonchev–Trinajstić information content (AvgIpc) is 2.72. The van der Waals surface area contributed by atoms with Crippen LogP contribution in [0.5, 0.6) is 0 Å². The van der Waals surface area contributed by atoms with Crippen molar-refractivity contribution in [2.24, 2.45) is 0 Å². The molecule has 1 unspecified atom stereocenters. The van der Waals surface area contributed by atoms with Gasteiger partial charge < -0.3 is 15.4 Å². The van der Waals surface area contributed by atoms with E-state index in [2.05, 4.69) is 21.0 Å². The fourth-order valence-electron chi connectivity index (χ4n) is 1.76. The molecule has 2 N–H and O–H groups in total. The van der Waals surface area contributed by atoms with Crippen molar-refractivity contribution in [1.82, 2.24) is 15.6 Å². The van der Waals surface area contributed by atoms with E-state index in [1.165, 1.54) is 5.01 Å². The maximum atomic E-state index is 5.40. The molecule has 0 aromatic carbocycles. The van der Waals surface area contributed by atoms with Crippen molar-refractivity contribution in [3.05, 3.63) is 16.1 Å². The Morgan fingerprint density at radius 2 is 2.62 bits per heavy atom. The average molecular weight is 241 g/mol. The lowest BCUT2D eigenvalue weighted by Gasteiger charge is -2.23. The molecular weight excluding hydrogens is 222 g/mol. The van der Waals surface area contributed by atoms with Crippen LogP contribution in [-0.2, 0) is 11.3 Å². The lowest BCUT2D eigenvalue weighted by atomic mass is 10.2. The zero-order valence-electron chi connectivity index (χ0n) is 9.66. The Labute approximate surface area is 100 Å². The summed E-state index contributed by atoms with van der Waals surface area (Å²) in [4.78, 5) is 4.41. The molecule has 1 aliphatic rings. The molecule has 2 rings (SSSR count). The van der Waals surface area contributed by atoms with Crippen molar-refractivity contribution in [3.8, 4) is 0 Å². The molecule has 1 aliphatic heterocycles. The van der Waals surface area contributed by atoms with Gasteiger partial charge in [0, 0.05) is 30.2 Å². The van der Waals surface area contributed by atoms with Gasteiger partial charge in [0.25, 0.3) is 0 Å². The highest BCUT2D eigenvalue weighted by Crippen LogP contribution is 2.07. The van der Waals surface area contributed by atoms with Crippen molar-refractivity contribution in [2.75, 3.05) is 26.3 Å². The number of morpholine rings is 1. The number of nitrogens with zero attached hydrogens (tertiary/aromatic N) is 1. The maximum Gasteiger partial charge on any atom is 0.107 e. The summed E-state index contributed by atoms with van der Waals surface area (Å²) in [7, 11) is 0. The van der Waals surface area contributed by atoms with Crippen molar-refractivity contribution < 1.29 is 4.74 Å². The number of aryl methyl sites for hydroxylation is 1. The van der Waals surface area contributed by atoms with Gasteiger partial charge in [0.15, 0.2) is 0 Å². The van der Waals surface area contributed by atoms with E-state index in [4.69, 9.17) is 4.74 Å². The zero-order chi connectivity index (χ0) is 11.2. The highest BCUT2D eigenvalue weighted by molar-refractivity contribution is 7.09. The number of thiazole rings is 1. The fraction of sp³-hybridized carbons (Fsp3) is 0.727. The second kappa shape index (κ2) is 6.30. The van der Waals surface area contributed by atoms with Crippen LogP contribution in [0.3, 0.4) is 0 Å². The first-order valence-corrected chi connectivity index (χ1v) is 6.65. The molecule has 0 radical (unpaired) electrons. The van der Waals surface area contributed by atoms with Gasteiger partial charge in [-0.05, 0) is 19.9 Å². The summed E-state index contributed by atoms with van der Waals surface area (Å²) in [5.74, 6) is 0. The molecule has 4 nitrogen and oxygen atoms in total. The van der Waals surface area contributed by atoms with Crippen LogP contribution >= 0.6 is 11.3 Å². The van der Waals surface area contributed by atoms with Crippen LogP contribution in [0.4, 0.5) is 0 Å². The van der Waals surface area contributed by atoms with Gasteiger partial charge in [-0.15, -0.1) is 11.3 Å². The van der Waals surface area contributed by atoms with E-state index in [0.29, 0.717) is 6.04 Å². The second-order valence-corrected chi connectivity index (χ2v) is 5.02. The topological polar surface area (TPSA) is 46.2 Å². The van der Waals surface area contributed by atoms with E-state index in [-0.39, 0.29) is 0 Å². The Kier molecular flexibility index (Phi) is 4.71. The summed E-state index contributed by atoms with van der Waals surface area (Å²) in [6, 6.07) is 0.513. The normalized spacial score (nSPS) is 21.2. The van der Waals surface area contributed by atoms with Gasteiger partial charge in [0.1, 0.15) is 5.01 Å². The number of ether oxygens (including phenoxy) is 1. The third-order valence-electron chi connectivity index (χ3n) is 2.61. The molecule has 0 saturated carbocycles. The van der Waals surface area contributed by atoms with Crippen LogP contribution in [0.2, 0.25) is 0 Å². The molecule has 0 aliphatic carbocycles. The predicted molar refractivity (Wildman–Crippen MR) is 65.8 cm³/mol. The summed E-state index contributed by atoms with van der Waals surface area (Å²) < 4.78 is 5.40. The lowest BCUT2D eigenvalue weighted by Crippen LogP contribution is -2.42. The van der Waals surface area contributed by atoms with E-state index in [1.807, 2.05) is 6.92 Å². The summed E-state index contributed by atoms with van der Waals surface area (Å²) in [5.41, 5.74) is 1.11. The van der Waals surface area contributed by atoms with E-state index in [1.54, 1.807) is 11.3 Å². The second-order valence-electron chi connectivity index (χ2n) is 4.07. The van der Waals surface area contributed by atoms with Gasteiger partial charge in [0.05, 0.1) is 13.2 Å². The van der Waals surface area contributed by atoms with Gasteiger partial charge in [-0.25, -0.2) is 4.98 Å². The number of rotatable bonds is 5. The molecule has 0 spiro atoms. The number of hydrogen-bond acceptors (Lipinski definition) is 5. The first-order chi connectivity index (χ1) is 7.84. The van der Waals surface area contributed by atoms with Crippen molar-refractivity contribution in [2.45, 2.75) is 25.9 Å². The van der Waals surface area contributed by atoms with Crippen LogP contribution < -0.4 is 10.6 Å². The molecule has 1 fully saturated rings. The molecule has 1 aromatic rings. The van der Waals surface area contributed by atoms with Crippen molar-refractivity contribution in [1.29, 1.82) is 0 Å². The van der Waals surface area contributed by atoms with Crippen LogP contribution in [0, 0.1) is 6.92 Å². The zero-order valence-corrected chi connectivity index (χ0v) is 10.5. The molecule has 5 heteroatoms. The minimum absolute atomic E-state index is 0.513. The van der Waals surface area contributed by atoms with Crippen LogP contribution in [0.15, 0.2) is 5.38 Å². The molecule has 1 saturated heterocycles. The van der Waals surface area contributed by atoms with Gasteiger partial charge in [-0.2, -0.15) is 0 Å². The molecular formula is C11H19N3OS. The number of aromatic nitrogens is 1. The van der Waals surface area contributed by atoms with Gasteiger partial charge in [0.2, 0.25) is 0 Å². The van der Waals surface area contributed by atoms with E-state index in [9.17, 15) is 0 Å². The summed E-state index contributed by atoms with van der Waals surface area (Å²) in [5, 5.41) is 10.1. The first-order valence-electron chi connectivity index (χ1n) is 5.77. The van der Waals surface area contributed by atoms with Crippen molar-refractivity contribution in [3.63, 3.8) is 0 Å². The molecule has 1 aromatic heterocycles. The van der Waals surface area contributed by atoms with E-state index < -0.39 is 0 Å². The summed E-state index contributed by atoms with van der Waals surface area (Å²) in [6.45, 7) is 6.60. The summed E-state index contributed by atoms with van der Waals surface area (Å²) in [6.07, 6.45) is 1.12.